The Kier molecular flexibility index (Phi) is 6.65. The van der Waals surface area contributed by atoms with E-state index in [2.05, 4.69) is 0 Å². The van der Waals surface area contributed by atoms with Crippen molar-refractivity contribution in [3.63, 3.8) is 0 Å². The third kappa shape index (κ3) is 6.10. The monoisotopic (exact) mass is 496 g/mol. The van der Waals surface area contributed by atoms with Crippen molar-refractivity contribution in [1.29, 1.82) is 0 Å². The number of rotatable bonds is 8. The van der Waals surface area contributed by atoms with Gasteiger partial charge in [0.15, 0.2) is 0 Å². The van der Waals surface area contributed by atoms with Crippen molar-refractivity contribution in [2.45, 2.75) is 27.0 Å². The summed E-state index contributed by atoms with van der Waals surface area (Å²) >= 11 is 0. The van der Waals surface area contributed by atoms with Crippen molar-refractivity contribution in [1.82, 2.24) is 9.72 Å². The van der Waals surface area contributed by atoms with Gasteiger partial charge in [-0.3, -0.25) is 0 Å². The Morgan fingerprint density at radius 2 is 1.60 bits per heavy atom. The predicted molar refractivity (Wildman–Crippen MR) is 130 cm³/mol. The lowest BCUT2D eigenvalue weighted by Crippen LogP contribution is -2.17. The van der Waals surface area contributed by atoms with Crippen molar-refractivity contribution in [2.24, 2.45) is 0 Å². The molecule has 35 heavy (non-hydrogen) atoms. The topological polar surface area (TPSA) is 121 Å². The van der Waals surface area contributed by atoms with Gasteiger partial charge in [0.05, 0.1) is 12.8 Å². The molecule has 0 saturated carbocycles. The summed E-state index contributed by atoms with van der Waals surface area (Å²) in [5, 5.41) is 0. The number of benzene rings is 3. The van der Waals surface area contributed by atoms with E-state index in [-0.39, 0.29) is 12.3 Å². The van der Waals surface area contributed by atoms with Crippen molar-refractivity contribution in [3.8, 4) is 22.6 Å². The minimum atomic E-state index is -3.60. The van der Waals surface area contributed by atoms with E-state index < -0.39 is 21.6 Å². The molecule has 0 aliphatic carbocycles. The van der Waals surface area contributed by atoms with Crippen LogP contribution in [0.15, 0.2) is 74.8 Å². The lowest BCUT2D eigenvalue weighted by molar-refractivity contribution is 0.258. The van der Waals surface area contributed by atoms with E-state index in [1.165, 1.54) is 0 Å². The smallest absolute Gasteiger partial charge is 0.440 e. The summed E-state index contributed by atoms with van der Waals surface area (Å²) in [6.45, 7) is 4.29. The third-order valence-corrected chi connectivity index (χ3v) is 5.75. The molecule has 0 amide bonds. The van der Waals surface area contributed by atoms with Crippen LogP contribution < -0.4 is 20.4 Å². The molecule has 4 aromatic rings. The lowest BCUT2D eigenvalue weighted by atomic mass is 9.94. The van der Waals surface area contributed by atoms with Gasteiger partial charge in [-0.1, -0.05) is 30.3 Å². The van der Waals surface area contributed by atoms with Crippen LogP contribution in [0.25, 0.3) is 11.1 Å². The van der Waals surface area contributed by atoms with Crippen LogP contribution in [0.2, 0.25) is 0 Å². The molecule has 0 spiro atoms. The Morgan fingerprint density at radius 1 is 0.914 bits per heavy atom. The van der Waals surface area contributed by atoms with Crippen molar-refractivity contribution < 1.29 is 21.9 Å². The molecule has 0 aliphatic rings. The fraction of sp³-hybridized carbons (Fsp3) is 0.200. The van der Waals surface area contributed by atoms with E-state index in [0.717, 1.165) is 44.4 Å². The Bertz CT molecular complexity index is 1560. The van der Waals surface area contributed by atoms with Gasteiger partial charge in [0.25, 0.3) is 0 Å². The van der Waals surface area contributed by atoms with Crippen LogP contribution in [-0.2, 0) is 23.3 Å². The van der Waals surface area contributed by atoms with Gasteiger partial charge in [0.1, 0.15) is 18.1 Å². The predicted octanol–water partition coefficient (Wildman–Crippen LogP) is 3.38. The van der Waals surface area contributed by atoms with E-state index in [0.29, 0.717) is 12.4 Å². The molecule has 3 aromatic carbocycles. The molecule has 0 unspecified atom stereocenters. The van der Waals surface area contributed by atoms with Gasteiger partial charge in [0, 0.05) is 0 Å². The van der Waals surface area contributed by atoms with E-state index in [1.807, 2.05) is 43.1 Å². The summed E-state index contributed by atoms with van der Waals surface area (Å²) in [5.41, 5.74) is 4.92. The van der Waals surface area contributed by atoms with Crippen LogP contribution in [-0.4, -0.2) is 24.4 Å². The molecule has 4 rings (SSSR count). The van der Waals surface area contributed by atoms with Crippen LogP contribution in [0, 0.1) is 13.8 Å². The second kappa shape index (κ2) is 9.67. The number of aromatic amines is 1. The maximum atomic E-state index is 11.6. The number of H-pyrrole nitrogens is 1. The summed E-state index contributed by atoms with van der Waals surface area (Å²) in [6.07, 6.45) is 1.02. The van der Waals surface area contributed by atoms with E-state index in [9.17, 15) is 18.0 Å². The van der Waals surface area contributed by atoms with Gasteiger partial charge in [0.2, 0.25) is 0 Å². The van der Waals surface area contributed by atoms with Crippen molar-refractivity contribution >= 4 is 10.1 Å². The molecular weight excluding hydrogens is 472 g/mol. The Balaban J connectivity index is 1.46. The van der Waals surface area contributed by atoms with Gasteiger partial charge < -0.3 is 13.4 Å². The van der Waals surface area contributed by atoms with Crippen LogP contribution in [0.5, 0.6) is 11.5 Å². The van der Waals surface area contributed by atoms with Gasteiger partial charge in [-0.15, -0.1) is 4.74 Å². The molecule has 1 N–H and O–H groups in total. The van der Waals surface area contributed by atoms with Crippen molar-refractivity contribution in [2.75, 3.05) is 6.26 Å². The highest BCUT2D eigenvalue weighted by Crippen LogP contribution is 2.32. The first kappa shape index (κ1) is 24.1. The van der Waals surface area contributed by atoms with Gasteiger partial charge >= 0.3 is 21.6 Å². The maximum Gasteiger partial charge on any atom is 0.440 e. The van der Waals surface area contributed by atoms with Gasteiger partial charge in [-0.2, -0.15) is 8.42 Å². The third-order valence-electron chi connectivity index (χ3n) is 5.25. The van der Waals surface area contributed by atoms with Crippen molar-refractivity contribution in [3.05, 3.63) is 104 Å². The number of ether oxygens (including phenoxy) is 1. The summed E-state index contributed by atoms with van der Waals surface area (Å²) in [4.78, 5) is 24.7. The zero-order valence-corrected chi connectivity index (χ0v) is 20.2. The summed E-state index contributed by atoms with van der Waals surface area (Å²) < 4.78 is 39.6. The molecule has 0 saturated heterocycles. The Hall–Kier alpha value is -4.05. The highest BCUT2D eigenvalue weighted by atomic mass is 32.2. The Labute approximate surface area is 201 Å². The SMILES string of the molecule is Cc1cc(OS(C)(=O)=O)cc(C)c1-c1cccc(COc2ccc(Cn3oc(=O)[nH]c3=O)cc2)c1. The summed E-state index contributed by atoms with van der Waals surface area (Å²) in [6, 6.07) is 18.5. The zero-order chi connectivity index (χ0) is 25.2. The molecule has 182 valence electrons. The quantitative estimate of drug-likeness (QED) is 0.371. The minimum absolute atomic E-state index is 0.132. The zero-order valence-electron chi connectivity index (χ0n) is 19.4. The molecule has 0 bridgehead atoms. The highest BCUT2D eigenvalue weighted by molar-refractivity contribution is 7.86. The number of nitrogens with one attached hydrogen (secondary N) is 1. The number of aryl methyl sites for hydroxylation is 2. The fourth-order valence-corrected chi connectivity index (χ4v) is 4.31. The summed E-state index contributed by atoms with van der Waals surface area (Å²) in [5.74, 6) is 0.148. The van der Waals surface area contributed by atoms with E-state index in [4.69, 9.17) is 13.4 Å². The van der Waals surface area contributed by atoms with E-state index in [1.54, 1.807) is 36.4 Å². The number of nitrogens with zero attached hydrogens (tertiary/aromatic N) is 1. The molecular formula is C25H24N2O7S. The average Bonchev–Trinajstić information content (AvgIpc) is 3.08. The maximum absolute atomic E-state index is 11.6. The highest BCUT2D eigenvalue weighted by Gasteiger charge is 2.12. The lowest BCUT2D eigenvalue weighted by Gasteiger charge is -2.14. The van der Waals surface area contributed by atoms with Crippen LogP contribution in [0.3, 0.4) is 0 Å². The van der Waals surface area contributed by atoms with E-state index >= 15 is 0 Å². The molecule has 0 aliphatic heterocycles. The first-order valence-electron chi connectivity index (χ1n) is 10.7. The minimum Gasteiger partial charge on any atom is -0.489 e. The first-order chi connectivity index (χ1) is 16.6. The van der Waals surface area contributed by atoms with Gasteiger partial charge in [-0.05, 0) is 77.6 Å². The molecule has 9 nitrogen and oxygen atoms in total. The normalized spacial score (nSPS) is 11.4. The second-order valence-electron chi connectivity index (χ2n) is 8.20. The first-order valence-corrected chi connectivity index (χ1v) is 12.5. The molecule has 0 atom stereocenters. The largest absolute Gasteiger partial charge is 0.489 e. The second-order valence-corrected chi connectivity index (χ2v) is 9.77. The molecule has 1 heterocycles. The fourth-order valence-electron chi connectivity index (χ4n) is 3.86. The average molecular weight is 497 g/mol. The van der Waals surface area contributed by atoms with Gasteiger partial charge in [-0.25, -0.2) is 14.6 Å². The standard InChI is InChI=1S/C25H24N2O7S/c1-16-11-22(34-35(3,30)31)12-17(2)23(16)20-6-4-5-19(13-20)15-32-21-9-7-18(8-10-21)14-27-24(28)26-25(29)33-27/h4-13H,14-15H2,1-3H3,(H,26,28,29). The number of aromatic nitrogens is 2. The molecule has 0 radical (unpaired) electrons. The number of hydrogen-bond acceptors (Lipinski definition) is 7. The Morgan fingerprint density at radius 3 is 2.20 bits per heavy atom. The molecule has 0 fully saturated rings. The molecule has 10 heteroatoms. The van der Waals surface area contributed by atoms with Crippen LogP contribution in [0.1, 0.15) is 22.3 Å². The van der Waals surface area contributed by atoms with Crippen LogP contribution in [0.4, 0.5) is 0 Å². The van der Waals surface area contributed by atoms with Crippen LogP contribution >= 0.6 is 0 Å². The molecule has 1 aromatic heterocycles. The number of hydrogen-bond donors (Lipinski definition) is 1. The summed E-state index contributed by atoms with van der Waals surface area (Å²) in [7, 11) is -3.60.